The van der Waals surface area contributed by atoms with Crippen molar-refractivity contribution >= 4 is 39.6 Å². The van der Waals surface area contributed by atoms with Crippen LogP contribution in [0.25, 0.3) is 0 Å². The largest absolute Gasteiger partial charge is 0.483 e. The molecule has 1 amide bonds. The van der Waals surface area contributed by atoms with Crippen molar-refractivity contribution in [3.63, 3.8) is 0 Å². The Morgan fingerprint density at radius 1 is 1.52 bits per heavy atom. The van der Waals surface area contributed by atoms with Crippen LogP contribution in [0.3, 0.4) is 0 Å². The second-order valence-corrected chi connectivity index (χ2v) is 5.94. The molecule has 1 aromatic carbocycles. The van der Waals surface area contributed by atoms with Crippen molar-refractivity contribution in [2.24, 2.45) is 0 Å². The fraction of sp³-hybridized carbons (Fsp3) is 0.385. The van der Waals surface area contributed by atoms with Gasteiger partial charge in [-0.1, -0.05) is 0 Å². The fourth-order valence-electron chi connectivity index (χ4n) is 1.46. The number of ether oxygens (including phenoxy) is 1. The van der Waals surface area contributed by atoms with Crippen molar-refractivity contribution < 1.29 is 23.8 Å². The van der Waals surface area contributed by atoms with Gasteiger partial charge in [-0.05, 0) is 52.6 Å². The summed E-state index contributed by atoms with van der Waals surface area (Å²) in [5.74, 6) is -1.12. The predicted octanol–water partition coefficient (Wildman–Crippen LogP) is 2.29. The van der Waals surface area contributed by atoms with Gasteiger partial charge in [-0.15, -0.1) is 0 Å². The first kappa shape index (κ1) is 17.8. The van der Waals surface area contributed by atoms with E-state index in [9.17, 15) is 14.0 Å². The lowest BCUT2D eigenvalue weighted by molar-refractivity contribution is -0.142. The minimum absolute atomic E-state index is 0.308. The van der Waals surface area contributed by atoms with E-state index in [-0.39, 0.29) is 6.61 Å². The van der Waals surface area contributed by atoms with Crippen LogP contribution in [0, 0.1) is 5.82 Å². The van der Waals surface area contributed by atoms with E-state index in [0.29, 0.717) is 22.4 Å². The van der Waals surface area contributed by atoms with Crippen molar-refractivity contribution in [2.45, 2.75) is 12.5 Å². The predicted molar refractivity (Wildman–Crippen MR) is 82.2 cm³/mol. The molecule has 0 bridgehead atoms. The van der Waals surface area contributed by atoms with E-state index in [0.717, 1.165) is 0 Å². The summed E-state index contributed by atoms with van der Waals surface area (Å²) in [7, 11) is 0. The Kier molecular flexibility index (Phi) is 7.52. The molecule has 1 atom stereocenters. The summed E-state index contributed by atoms with van der Waals surface area (Å²) >= 11 is 4.61. The van der Waals surface area contributed by atoms with Crippen LogP contribution >= 0.6 is 27.7 Å². The van der Waals surface area contributed by atoms with Crippen molar-refractivity contribution in [1.82, 2.24) is 5.32 Å². The molecule has 21 heavy (non-hydrogen) atoms. The molecule has 1 rings (SSSR count). The van der Waals surface area contributed by atoms with Crippen molar-refractivity contribution in [3.8, 4) is 5.75 Å². The zero-order valence-electron chi connectivity index (χ0n) is 11.3. The molecule has 0 heterocycles. The number of aliphatic carboxylic acids is 1. The number of rotatable bonds is 8. The number of halogens is 2. The van der Waals surface area contributed by atoms with Gasteiger partial charge in [0.05, 0.1) is 4.47 Å². The minimum atomic E-state index is -1.08. The monoisotopic (exact) mass is 379 g/mol. The van der Waals surface area contributed by atoms with Gasteiger partial charge in [0.25, 0.3) is 5.91 Å². The van der Waals surface area contributed by atoms with Gasteiger partial charge in [0, 0.05) is 0 Å². The first-order chi connectivity index (χ1) is 9.93. The highest BCUT2D eigenvalue weighted by Gasteiger charge is 2.19. The molecule has 2 N–H and O–H groups in total. The number of benzene rings is 1. The number of hydrogen-bond donors (Lipinski definition) is 2. The van der Waals surface area contributed by atoms with Crippen LogP contribution in [0.15, 0.2) is 22.7 Å². The molecule has 0 saturated heterocycles. The molecule has 1 unspecified atom stereocenters. The number of carboxylic acid groups (broad SMARTS) is 1. The van der Waals surface area contributed by atoms with E-state index in [1.54, 1.807) is 0 Å². The molecular weight excluding hydrogens is 365 g/mol. The van der Waals surface area contributed by atoms with Crippen LogP contribution in [-0.2, 0) is 9.59 Å². The average molecular weight is 380 g/mol. The maximum Gasteiger partial charge on any atom is 0.326 e. The van der Waals surface area contributed by atoms with E-state index >= 15 is 0 Å². The lowest BCUT2D eigenvalue weighted by Crippen LogP contribution is -2.43. The Bertz CT molecular complexity index is 515. The summed E-state index contributed by atoms with van der Waals surface area (Å²) in [5, 5.41) is 11.4. The Hall–Kier alpha value is -1.28. The highest BCUT2D eigenvalue weighted by Crippen LogP contribution is 2.25. The maximum absolute atomic E-state index is 12.9. The molecular formula is C13H15BrFNO4S. The molecule has 0 aliphatic rings. The summed E-state index contributed by atoms with van der Waals surface area (Å²) in [6, 6.07) is 2.86. The van der Waals surface area contributed by atoms with Gasteiger partial charge < -0.3 is 15.2 Å². The Balaban J connectivity index is 2.50. The van der Waals surface area contributed by atoms with Gasteiger partial charge in [0.1, 0.15) is 17.6 Å². The van der Waals surface area contributed by atoms with E-state index in [4.69, 9.17) is 9.84 Å². The molecule has 116 valence electrons. The third-order valence-corrected chi connectivity index (χ3v) is 3.76. The van der Waals surface area contributed by atoms with Crippen molar-refractivity contribution in [1.29, 1.82) is 0 Å². The quantitative estimate of drug-likeness (QED) is 0.724. The number of carbonyl (C=O) groups is 2. The van der Waals surface area contributed by atoms with E-state index in [1.165, 1.54) is 30.0 Å². The van der Waals surface area contributed by atoms with E-state index < -0.39 is 23.7 Å². The van der Waals surface area contributed by atoms with Crippen LogP contribution < -0.4 is 10.1 Å². The standard InChI is InChI=1S/C13H15BrFNO4S/c1-21-5-4-10(13(18)19)16-12(17)7-20-11-3-2-8(15)6-9(11)14/h2-3,6,10H,4-5,7H2,1H3,(H,16,17)(H,18,19). The number of carboxylic acids is 1. The summed E-state index contributed by atoms with van der Waals surface area (Å²) in [6.45, 7) is -0.340. The number of thioether (sulfide) groups is 1. The van der Waals surface area contributed by atoms with Crippen LogP contribution in [-0.4, -0.2) is 41.6 Å². The first-order valence-electron chi connectivity index (χ1n) is 6.03. The summed E-state index contributed by atoms with van der Waals surface area (Å²) < 4.78 is 18.5. The van der Waals surface area contributed by atoms with E-state index in [2.05, 4.69) is 21.2 Å². The normalized spacial score (nSPS) is 11.8. The van der Waals surface area contributed by atoms with Crippen molar-refractivity contribution in [3.05, 3.63) is 28.5 Å². The van der Waals surface area contributed by atoms with Gasteiger partial charge in [-0.2, -0.15) is 11.8 Å². The average Bonchev–Trinajstić information content (AvgIpc) is 2.42. The Morgan fingerprint density at radius 2 is 2.24 bits per heavy atom. The van der Waals surface area contributed by atoms with Gasteiger partial charge in [0.2, 0.25) is 0 Å². The van der Waals surface area contributed by atoms with Crippen LogP contribution in [0.4, 0.5) is 4.39 Å². The lowest BCUT2D eigenvalue weighted by atomic mass is 10.2. The topological polar surface area (TPSA) is 75.6 Å². The van der Waals surface area contributed by atoms with Crippen molar-refractivity contribution in [2.75, 3.05) is 18.6 Å². The number of amides is 1. The molecule has 0 fully saturated rings. The molecule has 8 heteroatoms. The zero-order chi connectivity index (χ0) is 15.8. The van der Waals surface area contributed by atoms with Gasteiger partial charge >= 0.3 is 5.97 Å². The maximum atomic E-state index is 12.9. The SMILES string of the molecule is CSCCC(NC(=O)COc1ccc(F)cc1Br)C(=O)O. The molecule has 0 spiro atoms. The Labute approximate surface area is 134 Å². The molecule has 0 aliphatic carbocycles. The second kappa shape index (κ2) is 8.89. The highest BCUT2D eigenvalue weighted by molar-refractivity contribution is 9.10. The Morgan fingerprint density at radius 3 is 2.81 bits per heavy atom. The highest BCUT2D eigenvalue weighted by atomic mass is 79.9. The number of hydrogen-bond acceptors (Lipinski definition) is 4. The third kappa shape index (κ3) is 6.34. The van der Waals surface area contributed by atoms with Gasteiger partial charge in [0.15, 0.2) is 6.61 Å². The van der Waals surface area contributed by atoms with E-state index in [1.807, 2.05) is 6.26 Å². The zero-order valence-corrected chi connectivity index (χ0v) is 13.7. The molecule has 1 aromatic rings. The number of carbonyl (C=O) groups excluding carboxylic acids is 1. The second-order valence-electron chi connectivity index (χ2n) is 4.10. The fourth-order valence-corrected chi connectivity index (χ4v) is 2.40. The van der Waals surface area contributed by atoms with Crippen LogP contribution in [0.2, 0.25) is 0 Å². The molecule has 0 aliphatic heterocycles. The molecule has 5 nitrogen and oxygen atoms in total. The van der Waals surface area contributed by atoms with Crippen LogP contribution in [0.1, 0.15) is 6.42 Å². The molecule has 0 aromatic heterocycles. The van der Waals surface area contributed by atoms with Crippen LogP contribution in [0.5, 0.6) is 5.75 Å². The lowest BCUT2D eigenvalue weighted by Gasteiger charge is -2.14. The van der Waals surface area contributed by atoms with Gasteiger partial charge in [-0.25, -0.2) is 9.18 Å². The molecule has 0 radical (unpaired) electrons. The summed E-state index contributed by atoms with van der Waals surface area (Å²) in [6.07, 6.45) is 2.19. The first-order valence-corrected chi connectivity index (χ1v) is 8.21. The number of nitrogens with one attached hydrogen (secondary N) is 1. The molecule has 0 saturated carbocycles. The van der Waals surface area contributed by atoms with Gasteiger partial charge in [-0.3, -0.25) is 4.79 Å². The third-order valence-electron chi connectivity index (χ3n) is 2.50. The summed E-state index contributed by atoms with van der Waals surface area (Å²) in [5.41, 5.74) is 0. The smallest absolute Gasteiger partial charge is 0.326 e. The summed E-state index contributed by atoms with van der Waals surface area (Å²) in [4.78, 5) is 22.7. The minimum Gasteiger partial charge on any atom is -0.483 e.